The molecular weight excluding hydrogens is 349 g/mol. The summed E-state index contributed by atoms with van der Waals surface area (Å²) in [6.07, 6.45) is 0. The van der Waals surface area contributed by atoms with Crippen LogP contribution in [0.3, 0.4) is 0 Å². The highest BCUT2D eigenvalue weighted by molar-refractivity contribution is 9.10. The maximum absolute atomic E-state index is 13.8. The molecule has 2 nitrogen and oxygen atoms in total. The van der Waals surface area contributed by atoms with Crippen molar-refractivity contribution in [2.45, 2.75) is 0 Å². The number of para-hydroxylation sites is 1. The molecule has 0 atom stereocenters. The molecule has 0 aliphatic carbocycles. The van der Waals surface area contributed by atoms with E-state index in [0.29, 0.717) is 5.39 Å². The standard InChI is InChI=1S/C15H6BrF3O2/c16-8-5-10(18)13(11(19)6-8)14(20)12-4-7-2-1-3-9(17)15(7)21-12/h1-6H. The summed E-state index contributed by atoms with van der Waals surface area (Å²) < 4.78 is 46.3. The minimum absolute atomic E-state index is 0.126. The van der Waals surface area contributed by atoms with Gasteiger partial charge in [-0.05, 0) is 24.3 Å². The van der Waals surface area contributed by atoms with E-state index in [1.54, 1.807) is 0 Å². The number of rotatable bonds is 2. The summed E-state index contributed by atoms with van der Waals surface area (Å²) in [5.74, 6) is -3.99. The lowest BCUT2D eigenvalue weighted by Crippen LogP contribution is -2.06. The third-order valence-electron chi connectivity index (χ3n) is 2.95. The molecule has 106 valence electrons. The largest absolute Gasteiger partial charge is 0.449 e. The number of ketones is 1. The lowest BCUT2D eigenvalue weighted by atomic mass is 10.1. The van der Waals surface area contributed by atoms with E-state index >= 15 is 0 Å². The van der Waals surface area contributed by atoms with E-state index in [1.807, 2.05) is 0 Å². The Hall–Kier alpha value is -2.08. The summed E-state index contributed by atoms with van der Waals surface area (Å²) in [6, 6.07) is 7.34. The molecule has 3 aromatic rings. The number of carbonyl (C=O) groups excluding carboxylic acids is 1. The zero-order valence-corrected chi connectivity index (χ0v) is 11.9. The van der Waals surface area contributed by atoms with Gasteiger partial charge in [0, 0.05) is 9.86 Å². The van der Waals surface area contributed by atoms with Crippen LogP contribution in [0.15, 0.2) is 45.3 Å². The molecule has 0 aliphatic heterocycles. The van der Waals surface area contributed by atoms with Crippen molar-refractivity contribution < 1.29 is 22.4 Å². The second kappa shape index (κ2) is 5.04. The van der Waals surface area contributed by atoms with Crippen molar-refractivity contribution in [1.29, 1.82) is 0 Å². The highest BCUT2D eigenvalue weighted by Crippen LogP contribution is 2.26. The first kappa shape index (κ1) is 13.9. The third kappa shape index (κ3) is 2.35. The van der Waals surface area contributed by atoms with Crippen molar-refractivity contribution in [1.82, 2.24) is 0 Å². The van der Waals surface area contributed by atoms with E-state index in [-0.39, 0.29) is 15.8 Å². The fourth-order valence-electron chi connectivity index (χ4n) is 2.02. The summed E-state index contributed by atoms with van der Waals surface area (Å²) >= 11 is 2.93. The summed E-state index contributed by atoms with van der Waals surface area (Å²) in [7, 11) is 0. The lowest BCUT2D eigenvalue weighted by Gasteiger charge is -2.02. The van der Waals surface area contributed by atoms with Crippen LogP contribution in [-0.4, -0.2) is 5.78 Å². The fraction of sp³-hybridized carbons (Fsp3) is 0. The molecule has 0 N–H and O–H groups in total. The average molecular weight is 355 g/mol. The van der Waals surface area contributed by atoms with Crippen molar-refractivity contribution in [2.24, 2.45) is 0 Å². The monoisotopic (exact) mass is 354 g/mol. The zero-order valence-electron chi connectivity index (χ0n) is 10.3. The van der Waals surface area contributed by atoms with Gasteiger partial charge < -0.3 is 4.42 Å². The van der Waals surface area contributed by atoms with Gasteiger partial charge in [-0.3, -0.25) is 4.79 Å². The predicted octanol–water partition coefficient (Wildman–Crippen LogP) is 4.84. The lowest BCUT2D eigenvalue weighted by molar-refractivity contribution is 0.100. The summed E-state index contributed by atoms with van der Waals surface area (Å²) in [4.78, 5) is 12.2. The van der Waals surface area contributed by atoms with Crippen molar-refractivity contribution in [2.75, 3.05) is 0 Å². The molecule has 0 spiro atoms. The van der Waals surface area contributed by atoms with Crippen molar-refractivity contribution in [3.05, 3.63) is 69.6 Å². The van der Waals surface area contributed by atoms with Gasteiger partial charge in [0.2, 0.25) is 5.78 Å². The Morgan fingerprint density at radius 1 is 1.00 bits per heavy atom. The Labute approximate surface area is 125 Å². The van der Waals surface area contributed by atoms with E-state index in [2.05, 4.69) is 15.9 Å². The fourth-order valence-corrected chi connectivity index (χ4v) is 2.42. The first-order valence-corrected chi connectivity index (χ1v) is 6.64. The molecule has 0 fully saturated rings. The second-order valence-electron chi connectivity index (χ2n) is 4.34. The van der Waals surface area contributed by atoms with Crippen LogP contribution in [0.25, 0.3) is 11.0 Å². The van der Waals surface area contributed by atoms with Crippen molar-refractivity contribution >= 4 is 32.7 Å². The normalized spacial score (nSPS) is 11.0. The molecule has 1 aromatic heterocycles. The molecule has 21 heavy (non-hydrogen) atoms. The van der Waals surface area contributed by atoms with Crippen LogP contribution in [0, 0.1) is 17.5 Å². The van der Waals surface area contributed by atoms with Gasteiger partial charge in [-0.1, -0.05) is 28.1 Å². The van der Waals surface area contributed by atoms with Crippen LogP contribution in [-0.2, 0) is 0 Å². The molecule has 0 unspecified atom stereocenters. The molecule has 3 rings (SSSR count). The number of fused-ring (bicyclic) bond motifs is 1. The molecule has 6 heteroatoms. The Morgan fingerprint density at radius 3 is 2.29 bits per heavy atom. The van der Waals surface area contributed by atoms with Gasteiger partial charge in [0.25, 0.3) is 0 Å². The highest BCUT2D eigenvalue weighted by Gasteiger charge is 2.23. The van der Waals surface area contributed by atoms with Crippen LogP contribution in [0.4, 0.5) is 13.2 Å². The molecular formula is C15H6BrF3O2. The maximum Gasteiger partial charge on any atom is 0.234 e. The molecule has 0 aliphatic rings. The Morgan fingerprint density at radius 2 is 1.67 bits per heavy atom. The van der Waals surface area contributed by atoms with Gasteiger partial charge >= 0.3 is 0 Å². The zero-order chi connectivity index (χ0) is 15.1. The van der Waals surface area contributed by atoms with Crippen LogP contribution in [0.5, 0.6) is 0 Å². The van der Waals surface area contributed by atoms with Gasteiger partial charge in [-0.25, -0.2) is 13.2 Å². The molecule has 1 heterocycles. The van der Waals surface area contributed by atoms with E-state index in [1.165, 1.54) is 24.3 Å². The number of hydrogen-bond acceptors (Lipinski definition) is 2. The van der Waals surface area contributed by atoms with Gasteiger partial charge in [0.15, 0.2) is 17.2 Å². The molecule has 0 saturated carbocycles. The number of carbonyl (C=O) groups is 1. The Balaban J connectivity index is 2.15. The number of hydrogen-bond donors (Lipinski definition) is 0. The molecule has 2 aromatic carbocycles. The van der Waals surface area contributed by atoms with Gasteiger partial charge in [0.05, 0.1) is 5.56 Å². The topological polar surface area (TPSA) is 30.2 Å². The first-order valence-electron chi connectivity index (χ1n) is 5.84. The number of benzene rings is 2. The van der Waals surface area contributed by atoms with E-state index < -0.39 is 28.8 Å². The van der Waals surface area contributed by atoms with Crippen molar-refractivity contribution in [3.8, 4) is 0 Å². The van der Waals surface area contributed by atoms with Crippen LogP contribution < -0.4 is 0 Å². The van der Waals surface area contributed by atoms with Crippen molar-refractivity contribution in [3.63, 3.8) is 0 Å². The third-order valence-corrected chi connectivity index (χ3v) is 3.41. The smallest absolute Gasteiger partial charge is 0.234 e. The molecule has 0 saturated heterocycles. The maximum atomic E-state index is 13.8. The molecule has 0 amide bonds. The van der Waals surface area contributed by atoms with E-state index in [4.69, 9.17) is 4.42 Å². The van der Waals surface area contributed by atoms with Crippen LogP contribution in [0.1, 0.15) is 16.1 Å². The van der Waals surface area contributed by atoms with E-state index in [9.17, 15) is 18.0 Å². The minimum atomic E-state index is -1.02. The van der Waals surface area contributed by atoms with Crippen LogP contribution >= 0.6 is 15.9 Å². The second-order valence-corrected chi connectivity index (χ2v) is 5.26. The van der Waals surface area contributed by atoms with E-state index in [0.717, 1.165) is 12.1 Å². The van der Waals surface area contributed by atoms with Gasteiger partial charge in [-0.2, -0.15) is 0 Å². The molecule has 0 radical (unpaired) electrons. The average Bonchev–Trinajstić information content (AvgIpc) is 2.82. The van der Waals surface area contributed by atoms with Gasteiger partial charge in [-0.15, -0.1) is 0 Å². The van der Waals surface area contributed by atoms with Gasteiger partial charge in [0.1, 0.15) is 11.6 Å². The SMILES string of the molecule is O=C(c1cc2cccc(F)c2o1)c1c(F)cc(Br)cc1F. The predicted molar refractivity (Wildman–Crippen MR) is 73.7 cm³/mol. The first-order chi connectivity index (χ1) is 9.97. The summed E-state index contributed by atoms with van der Waals surface area (Å²) in [6.45, 7) is 0. The minimum Gasteiger partial charge on any atom is -0.449 e. The van der Waals surface area contributed by atoms with Crippen LogP contribution in [0.2, 0.25) is 0 Å². The number of halogens is 4. The number of furan rings is 1. The Kier molecular flexibility index (Phi) is 3.33. The Bertz CT molecular complexity index is 847. The quantitative estimate of drug-likeness (QED) is 0.616. The summed E-state index contributed by atoms with van der Waals surface area (Å²) in [5.41, 5.74) is -0.864. The summed E-state index contributed by atoms with van der Waals surface area (Å²) in [5, 5.41) is 0.344. The highest BCUT2D eigenvalue weighted by atomic mass is 79.9. The molecule has 0 bridgehead atoms.